The van der Waals surface area contributed by atoms with Crippen LogP contribution in [0.2, 0.25) is 0 Å². The van der Waals surface area contributed by atoms with Crippen LogP contribution in [0.4, 0.5) is 11.4 Å². The Bertz CT molecular complexity index is 567. The number of fused-ring (bicyclic) bond motifs is 1. The number of hydrogen-bond acceptors (Lipinski definition) is 4. The van der Waals surface area contributed by atoms with Gasteiger partial charge in [-0.05, 0) is 31.2 Å². The third kappa shape index (κ3) is 1.86. The average Bonchev–Trinajstić information content (AvgIpc) is 2.39. The number of aryl methyl sites for hydroxylation is 1. The maximum Gasteiger partial charge on any atom is 0.143 e. The number of aromatic hydroxyl groups is 1. The van der Waals surface area contributed by atoms with Crippen molar-refractivity contribution in [3.63, 3.8) is 0 Å². The summed E-state index contributed by atoms with van der Waals surface area (Å²) < 4.78 is 5.58. The largest absolute Gasteiger partial charge is 0.508 e. The fraction of sp³-hybridized carbons (Fsp3) is 0.214. The molecule has 0 aliphatic carbocycles. The molecule has 0 saturated carbocycles. The van der Waals surface area contributed by atoms with E-state index in [1.165, 1.54) is 0 Å². The molecule has 3 rings (SSSR count). The second-order valence-electron chi connectivity index (χ2n) is 4.31. The molecule has 4 heteroatoms. The highest BCUT2D eigenvalue weighted by Gasteiger charge is 2.20. The van der Waals surface area contributed by atoms with Crippen LogP contribution >= 0.6 is 0 Å². The molecule has 0 bridgehead atoms. The number of hydrogen-bond donors (Lipinski definition) is 1. The van der Waals surface area contributed by atoms with Gasteiger partial charge in [-0.25, -0.2) is 0 Å². The molecule has 1 aromatic carbocycles. The summed E-state index contributed by atoms with van der Waals surface area (Å²) in [6.45, 7) is 3.34. The lowest BCUT2D eigenvalue weighted by molar-refractivity contribution is 0.313. The molecule has 18 heavy (non-hydrogen) atoms. The van der Waals surface area contributed by atoms with Gasteiger partial charge in [0.2, 0.25) is 0 Å². The third-order valence-electron chi connectivity index (χ3n) is 3.01. The van der Waals surface area contributed by atoms with Gasteiger partial charge in [-0.2, -0.15) is 0 Å². The minimum absolute atomic E-state index is 0.240. The molecule has 0 fully saturated rings. The number of nitrogens with zero attached hydrogens (tertiary/aromatic N) is 2. The van der Waals surface area contributed by atoms with Crippen LogP contribution < -0.4 is 9.64 Å². The van der Waals surface area contributed by atoms with Crippen LogP contribution in [-0.2, 0) is 0 Å². The number of benzene rings is 1. The van der Waals surface area contributed by atoms with Gasteiger partial charge in [-0.1, -0.05) is 0 Å². The summed E-state index contributed by atoms with van der Waals surface area (Å²) in [4.78, 5) is 6.41. The summed E-state index contributed by atoms with van der Waals surface area (Å²) in [7, 11) is 0. The standard InChI is InChI=1S/C14H14N2O2/c1-10-2-3-11(9-15-10)16-6-7-18-14-5-4-12(17)8-13(14)16/h2-5,8-9,17H,6-7H2,1H3. The maximum atomic E-state index is 9.60. The van der Waals surface area contributed by atoms with Gasteiger partial charge < -0.3 is 14.7 Å². The first-order valence-corrected chi connectivity index (χ1v) is 5.90. The molecular weight excluding hydrogens is 228 g/mol. The Morgan fingerprint density at radius 3 is 2.94 bits per heavy atom. The van der Waals surface area contributed by atoms with Crippen LogP contribution in [-0.4, -0.2) is 23.2 Å². The van der Waals surface area contributed by atoms with Crippen molar-refractivity contribution in [3.8, 4) is 11.5 Å². The first-order valence-electron chi connectivity index (χ1n) is 5.90. The van der Waals surface area contributed by atoms with Gasteiger partial charge in [0.15, 0.2) is 0 Å². The van der Waals surface area contributed by atoms with Crippen LogP contribution in [0.15, 0.2) is 36.5 Å². The lowest BCUT2D eigenvalue weighted by atomic mass is 10.2. The summed E-state index contributed by atoms with van der Waals surface area (Å²) in [6.07, 6.45) is 1.84. The molecule has 0 spiro atoms. The number of pyridine rings is 1. The van der Waals surface area contributed by atoms with E-state index in [4.69, 9.17) is 4.74 Å². The van der Waals surface area contributed by atoms with E-state index in [1.54, 1.807) is 18.2 Å². The second kappa shape index (κ2) is 4.22. The van der Waals surface area contributed by atoms with Crippen molar-refractivity contribution in [1.82, 2.24) is 4.98 Å². The van der Waals surface area contributed by atoms with Crippen molar-refractivity contribution >= 4 is 11.4 Å². The van der Waals surface area contributed by atoms with E-state index in [0.717, 1.165) is 29.4 Å². The van der Waals surface area contributed by atoms with E-state index >= 15 is 0 Å². The lowest BCUT2D eigenvalue weighted by Gasteiger charge is -2.31. The lowest BCUT2D eigenvalue weighted by Crippen LogP contribution is -2.28. The Labute approximate surface area is 105 Å². The molecule has 1 N–H and O–H groups in total. The first-order chi connectivity index (χ1) is 8.74. The van der Waals surface area contributed by atoms with Crippen LogP contribution in [0, 0.1) is 6.92 Å². The summed E-state index contributed by atoms with van der Waals surface area (Å²) in [5.41, 5.74) is 2.88. The van der Waals surface area contributed by atoms with Crippen molar-refractivity contribution in [3.05, 3.63) is 42.2 Å². The van der Waals surface area contributed by atoms with Crippen LogP contribution in [0.3, 0.4) is 0 Å². The third-order valence-corrected chi connectivity index (χ3v) is 3.01. The van der Waals surface area contributed by atoms with Gasteiger partial charge in [-0.15, -0.1) is 0 Å². The van der Waals surface area contributed by atoms with Gasteiger partial charge in [0.25, 0.3) is 0 Å². The van der Waals surface area contributed by atoms with Gasteiger partial charge in [0.05, 0.1) is 24.1 Å². The fourth-order valence-corrected chi connectivity index (χ4v) is 2.09. The van der Waals surface area contributed by atoms with E-state index in [1.807, 2.05) is 25.3 Å². The zero-order valence-electron chi connectivity index (χ0n) is 10.1. The molecule has 0 unspecified atom stereocenters. The van der Waals surface area contributed by atoms with Gasteiger partial charge in [0.1, 0.15) is 18.1 Å². The van der Waals surface area contributed by atoms with Crippen molar-refractivity contribution in [1.29, 1.82) is 0 Å². The number of aromatic nitrogens is 1. The molecule has 4 nitrogen and oxygen atoms in total. The normalized spacial score (nSPS) is 13.9. The zero-order chi connectivity index (χ0) is 12.5. The summed E-state index contributed by atoms with van der Waals surface area (Å²) in [5, 5.41) is 9.60. The molecule has 2 heterocycles. The first kappa shape index (κ1) is 10.9. The number of phenols is 1. The van der Waals surface area contributed by atoms with E-state index in [0.29, 0.717) is 6.61 Å². The average molecular weight is 242 g/mol. The number of phenolic OH excluding ortho intramolecular Hbond substituents is 1. The van der Waals surface area contributed by atoms with E-state index in [2.05, 4.69) is 9.88 Å². The Balaban J connectivity index is 2.05. The summed E-state index contributed by atoms with van der Waals surface area (Å²) >= 11 is 0. The highest BCUT2D eigenvalue weighted by molar-refractivity contribution is 5.71. The predicted molar refractivity (Wildman–Crippen MR) is 69.6 cm³/mol. The molecule has 0 atom stereocenters. The monoisotopic (exact) mass is 242 g/mol. The molecule has 0 radical (unpaired) electrons. The maximum absolute atomic E-state index is 9.60. The highest BCUT2D eigenvalue weighted by atomic mass is 16.5. The predicted octanol–water partition coefficient (Wildman–Crippen LogP) is 2.63. The minimum Gasteiger partial charge on any atom is -0.508 e. The Morgan fingerprint density at radius 2 is 2.17 bits per heavy atom. The second-order valence-corrected chi connectivity index (χ2v) is 4.31. The SMILES string of the molecule is Cc1ccc(N2CCOc3ccc(O)cc32)cn1. The smallest absolute Gasteiger partial charge is 0.143 e. The van der Waals surface area contributed by atoms with Gasteiger partial charge in [-0.3, -0.25) is 4.98 Å². The van der Waals surface area contributed by atoms with Crippen molar-refractivity contribution < 1.29 is 9.84 Å². The van der Waals surface area contributed by atoms with Crippen molar-refractivity contribution in [2.24, 2.45) is 0 Å². The van der Waals surface area contributed by atoms with Gasteiger partial charge >= 0.3 is 0 Å². The van der Waals surface area contributed by atoms with Crippen molar-refractivity contribution in [2.45, 2.75) is 6.92 Å². The Hall–Kier alpha value is -2.23. The quantitative estimate of drug-likeness (QED) is 0.835. The van der Waals surface area contributed by atoms with Crippen LogP contribution in [0.5, 0.6) is 11.5 Å². The van der Waals surface area contributed by atoms with Crippen LogP contribution in [0.1, 0.15) is 5.69 Å². The Kier molecular flexibility index (Phi) is 2.55. The molecule has 1 aliphatic rings. The summed E-state index contributed by atoms with van der Waals surface area (Å²) in [6, 6.07) is 9.15. The molecule has 1 aliphatic heterocycles. The van der Waals surface area contributed by atoms with E-state index < -0.39 is 0 Å². The number of anilines is 2. The zero-order valence-corrected chi connectivity index (χ0v) is 10.1. The number of ether oxygens (including phenoxy) is 1. The molecule has 2 aromatic rings. The highest BCUT2D eigenvalue weighted by Crippen LogP contribution is 2.38. The molecular formula is C14H14N2O2. The molecule has 92 valence electrons. The topological polar surface area (TPSA) is 45.6 Å². The number of rotatable bonds is 1. The van der Waals surface area contributed by atoms with E-state index in [9.17, 15) is 5.11 Å². The summed E-state index contributed by atoms with van der Waals surface area (Å²) in [5.74, 6) is 1.03. The van der Waals surface area contributed by atoms with Gasteiger partial charge in [0, 0.05) is 11.8 Å². The Morgan fingerprint density at radius 1 is 1.28 bits per heavy atom. The van der Waals surface area contributed by atoms with E-state index in [-0.39, 0.29) is 5.75 Å². The fourth-order valence-electron chi connectivity index (χ4n) is 2.09. The minimum atomic E-state index is 0.240. The van der Waals surface area contributed by atoms with Crippen molar-refractivity contribution in [2.75, 3.05) is 18.1 Å². The van der Waals surface area contributed by atoms with Crippen LogP contribution in [0.25, 0.3) is 0 Å². The molecule has 0 amide bonds. The molecule has 1 aromatic heterocycles. The molecule has 0 saturated heterocycles.